The SMILES string of the molecule is CCNC(=O)COc1ccc(C(O)O)cc1.[Re].[Re]. The van der Waals surface area contributed by atoms with E-state index < -0.39 is 6.29 Å². The van der Waals surface area contributed by atoms with Crippen LogP contribution in [0.2, 0.25) is 0 Å². The molecule has 0 aliphatic heterocycles. The normalized spacial score (nSPS) is 9.11. The van der Waals surface area contributed by atoms with E-state index in [1.165, 1.54) is 12.1 Å². The van der Waals surface area contributed by atoms with Crippen molar-refractivity contribution in [3.05, 3.63) is 29.8 Å². The molecular formula is C11H15NO4Re2. The fourth-order valence-corrected chi connectivity index (χ4v) is 1.13. The molecule has 0 fully saturated rings. The fourth-order valence-electron chi connectivity index (χ4n) is 1.13. The van der Waals surface area contributed by atoms with Gasteiger partial charge in [0.1, 0.15) is 5.75 Å². The zero-order valence-corrected chi connectivity index (χ0v) is 15.2. The Balaban J connectivity index is 0. The van der Waals surface area contributed by atoms with Crippen LogP contribution in [-0.2, 0) is 45.6 Å². The molecule has 102 valence electrons. The van der Waals surface area contributed by atoms with Crippen molar-refractivity contribution in [2.45, 2.75) is 13.2 Å². The first-order chi connectivity index (χ1) is 7.63. The second kappa shape index (κ2) is 10.6. The van der Waals surface area contributed by atoms with Gasteiger partial charge in [-0.25, -0.2) is 0 Å². The summed E-state index contributed by atoms with van der Waals surface area (Å²) in [6, 6.07) is 6.21. The molecule has 0 spiro atoms. The Hall–Kier alpha value is -0.265. The van der Waals surface area contributed by atoms with Gasteiger partial charge in [0.25, 0.3) is 5.91 Å². The first-order valence-electron chi connectivity index (χ1n) is 4.99. The van der Waals surface area contributed by atoms with Gasteiger partial charge in [-0.3, -0.25) is 4.79 Å². The molecule has 1 aromatic rings. The van der Waals surface area contributed by atoms with Crippen LogP contribution in [0.15, 0.2) is 24.3 Å². The summed E-state index contributed by atoms with van der Waals surface area (Å²) in [5.74, 6) is 0.324. The van der Waals surface area contributed by atoms with Crippen LogP contribution in [0.3, 0.4) is 0 Å². The van der Waals surface area contributed by atoms with Crippen molar-refractivity contribution in [3.63, 3.8) is 0 Å². The number of benzene rings is 1. The summed E-state index contributed by atoms with van der Waals surface area (Å²) >= 11 is 0. The Morgan fingerprint density at radius 1 is 1.28 bits per heavy atom. The van der Waals surface area contributed by atoms with Crippen LogP contribution in [0.5, 0.6) is 5.75 Å². The van der Waals surface area contributed by atoms with Gasteiger partial charge >= 0.3 is 0 Å². The summed E-state index contributed by atoms with van der Waals surface area (Å²) in [4.78, 5) is 11.1. The van der Waals surface area contributed by atoms with Crippen molar-refractivity contribution in [3.8, 4) is 5.75 Å². The van der Waals surface area contributed by atoms with Crippen molar-refractivity contribution in [2.75, 3.05) is 13.2 Å². The number of aliphatic hydroxyl groups excluding tert-OH is 1. The van der Waals surface area contributed by atoms with E-state index in [2.05, 4.69) is 5.32 Å². The number of nitrogens with one attached hydrogen (secondary N) is 1. The molecule has 0 aliphatic carbocycles. The van der Waals surface area contributed by atoms with Gasteiger partial charge < -0.3 is 20.3 Å². The molecule has 5 nitrogen and oxygen atoms in total. The Labute approximate surface area is 133 Å². The average Bonchev–Trinajstić information content (AvgIpc) is 2.27. The van der Waals surface area contributed by atoms with E-state index in [-0.39, 0.29) is 53.4 Å². The third-order valence-corrected chi connectivity index (χ3v) is 1.92. The molecule has 1 aromatic carbocycles. The van der Waals surface area contributed by atoms with Crippen LogP contribution in [0.25, 0.3) is 0 Å². The van der Waals surface area contributed by atoms with Gasteiger partial charge in [0, 0.05) is 53.0 Å². The predicted octanol–water partition coefficient (Wildman–Crippen LogP) is 0.180. The average molecular weight is 598 g/mol. The van der Waals surface area contributed by atoms with Crippen LogP contribution in [0.1, 0.15) is 18.8 Å². The van der Waals surface area contributed by atoms with Crippen molar-refractivity contribution in [1.82, 2.24) is 5.32 Å². The Morgan fingerprint density at radius 2 is 1.83 bits per heavy atom. The van der Waals surface area contributed by atoms with Crippen LogP contribution in [0, 0.1) is 0 Å². The number of hydrogen-bond donors (Lipinski definition) is 3. The zero-order chi connectivity index (χ0) is 12.0. The summed E-state index contributed by atoms with van der Waals surface area (Å²) in [5, 5.41) is 20.3. The fraction of sp³-hybridized carbons (Fsp3) is 0.364. The van der Waals surface area contributed by atoms with E-state index in [9.17, 15) is 4.79 Å². The largest absolute Gasteiger partial charge is 0.484 e. The van der Waals surface area contributed by atoms with Gasteiger partial charge in [0.05, 0.1) is 0 Å². The summed E-state index contributed by atoms with van der Waals surface area (Å²) in [5.41, 5.74) is 0.380. The minimum atomic E-state index is -1.49. The molecule has 0 aromatic heterocycles. The van der Waals surface area contributed by atoms with Gasteiger partial charge in [-0.15, -0.1) is 0 Å². The summed E-state index contributed by atoms with van der Waals surface area (Å²) < 4.78 is 5.18. The first-order valence-corrected chi connectivity index (χ1v) is 4.99. The molecule has 0 aliphatic rings. The maximum Gasteiger partial charge on any atom is 0.257 e. The maximum atomic E-state index is 11.1. The predicted molar refractivity (Wildman–Crippen MR) is 57.8 cm³/mol. The number of likely N-dealkylation sites (N-methyl/N-ethyl adjacent to an activating group) is 1. The Morgan fingerprint density at radius 3 is 2.28 bits per heavy atom. The summed E-state index contributed by atoms with van der Waals surface area (Å²) in [7, 11) is 0. The van der Waals surface area contributed by atoms with Gasteiger partial charge in [-0.05, 0) is 19.1 Å². The Bertz CT molecular complexity index is 343. The number of carbonyl (C=O) groups is 1. The van der Waals surface area contributed by atoms with Crippen molar-refractivity contribution in [1.29, 1.82) is 0 Å². The van der Waals surface area contributed by atoms with Crippen molar-refractivity contribution < 1.29 is 60.6 Å². The molecule has 0 bridgehead atoms. The van der Waals surface area contributed by atoms with Crippen molar-refractivity contribution >= 4 is 5.91 Å². The molecule has 1 rings (SSSR count). The van der Waals surface area contributed by atoms with E-state index in [4.69, 9.17) is 14.9 Å². The zero-order valence-electron chi connectivity index (χ0n) is 9.77. The molecule has 2 radical (unpaired) electrons. The van der Waals surface area contributed by atoms with Crippen LogP contribution in [0.4, 0.5) is 0 Å². The maximum absolute atomic E-state index is 11.1. The van der Waals surface area contributed by atoms with Crippen LogP contribution < -0.4 is 10.1 Å². The van der Waals surface area contributed by atoms with Gasteiger partial charge in [0.2, 0.25) is 0 Å². The topological polar surface area (TPSA) is 78.8 Å². The van der Waals surface area contributed by atoms with Gasteiger partial charge in [0.15, 0.2) is 12.9 Å². The molecule has 0 saturated carbocycles. The second-order valence-corrected chi connectivity index (χ2v) is 3.18. The van der Waals surface area contributed by atoms with E-state index in [1.54, 1.807) is 12.1 Å². The number of carbonyl (C=O) groups excluding carboxylic acids is 1. The number of hydrogen-bond acceptors (Lipinski definition) is 4. The molecule has 3 N–H and O–H groups in total. The molecule has 7 heteroatoms. The number of rotatable bonds is 5. The minimum absolute atomic E-state index is 0. The van der Waals surface area contributed by atoms with E-state index in [0.717, 1.165) is 0 Å². The van der Waals surface area contributed by atoms with Crippen LogP contribution >= 0.6 is 0 Å². The monoisotopic (exact) mass is 599 g/mol. The summed E-state index contributed by atoms with van der Waals surface area (Å²) in [6.07, 6.45) is -1.49. The molecular weight excluding hydrogens is 583 g/mol. The first kappa shape index (κ1) is 20.1. The molecule has 0 saturated heterocycles. The summed E-state index contributed by atoms with van der Waals surface area (Å²) in [6.45, 7) is 2.35. The number of ether oxygens (including phenoxy) is 1. The van der Waals surface area contributed by atoms with Crippen molar-refractivity contribution in [2.24, 2.45) is 0 Å². The second-order valence-electron chi connectivity index (χ2n) is 3.18. The molecule has 1 amide bonds. The standard InChI is InChI=1S/C11H15NO4.2Re/c1-2-12-10(13)7-16-9-5-3-8(4-6-9)11(14)15;;/h3-6,11,14-15H,2,7H2,1H3,(H,12,13);;. The van der Waals surface area contributed by atoms with E-state index >= 15 is 0 Å². The molecule has 0 atom stereocenters. The quantitative estimate of drug-likeness (QED) is 0.424. The molecule has 0 unspecified atom stereocenters. The molecule has 18 heavy (non-hydrogen) atoms. The van der Waals surface area contributed by atoms with E-state index in [1.807, 2.05) is 6.92 Å². The Kier molecular flexibility index (Phi) is 11.9. The van der Waals surface area contributed by atoms with Gasteiger partial charge in [-0.2, -0.15) is 0 Å². The third-order valence-electron chi connectivity index (χ3n) is 1.92. The van der Waals surface area contributed by atoms with Gasteiger partial charge in [-0.1, -0.05) is 12.1 Å². The number of amides is 1. The molecule has 0 heterocycles. The smallest absolute Gasteiger partial charge is 0.257 e. The van der Waals surface area contributed by atoms with E-state index in [0.29, 0.717) is 17.9 Å². The minimum Gasteiger partial charge on any atom is -0.484 e. The number of aliphatic hydroxyl groups is 2. The van der Waals surface area contributed by atoms with Crippen LogP contribution in [-0.4, -0.2) is 29.3 Å². The third kappa shape index (κ3) is 7.23.